The number of fused-ring (bicyclic) bond motifs is 17. The first-order valence-corrected chi connectivity index (χ1v) is 29.3. The van der Waals surface area contributed by atoms with Crippen LogP contribution in [0.5, 0.6) is 0 Å². The summed E-state index contributed by atoms with van der Waals surface area (Å²) in [6.45, 7) is -0.243. The molecule has 0 aliphatic carbocycles. The summed E-state index contributed by atoms with van der Waals surface area (Å²) in [7, 11) is 0. The Morgan fingerprint density at radius 2 is 0.655 bits per heavy atom. The predicted octanol–water partition coefficient (Wildman–Crippen LogP) is 15.8. The summed E-state index contributed by atoms with van der Waals surface area (Å²) in [6.07, 6.45) is 0. The lowest BCUT2D eigenvalue weighted by atomic mass is 9.29. The van der Waals surface area contributed by atoms with Gasteiger partial charge in [0.15, 0.2) is 0 Å². The van der Waals surface area contributed by atoms with Crippen LogP contribution in [0.4, 0.5) is 34.1 Å². The standard InChI is InChI=1S/C78H48B2N4/c1-6-20-49(21-7-1)53-34-39-58(40-35-53)81-68-41-36-54(50-22-8-2-9-23-50)44-62(68)79-63-45-55(51-24-10-3-11-25-51)37-42-69(63)84-70-43-38-56(52-26-12-4-13-27-52)46-64(70)80-65-47-61-59-30-16-18-32-66(59)82(57-28-14-5-15-29-57)76(61)73-60-31-17-19-33-67(60)83(77(65)73)72-48-71(81)74(79)78(84)75(72)80/h1-48H. The predicted molar refractivity (Wildman–Crippen MR) is 356 cm³/mol. The van der Waals surface area contributed by atoms with Crippen LogP contribution in [0.25, 0.3) is 99.5 Å². The van der Waals surface area contributed by atoms with E-state index in [1.165, 1.54) is 155 Å². The maximum atomic E-state index is 2.69. The molecule has 0 fully saturated rings. The van der Waals surface area contributed by atoms with Gasteiger partial charge in [0.1, 0.15) is 0 Å². The van der Waals surface area contributed by atoms with Crippen LogP contribution in [-0.2, 0) is 0 Å². The third-order valence-electron chi connectivity index (χ3n) is 18.8. The summed E-state index contributed by atoms with van der Waals surface area (Å²) in [4.78, 5) is 5.29. The Balaban J connectivity index is 0.994. The van der Waals surface area contributed by atoms with Crippen LogP contribution in [0.2, 0.25) is 0 Å². The van der Waals surface area contributed by atoms with Crippen LogP contribution in [0.3, 0.4) is 0 Å². The van der Waals surface area contributed by atoms with Crippen molar-refractivity contribution in [3.8, 4) is 55.9 Å². The molecule has 4 nitrogen and oxygen atoms in total. The number of nitrogens with zero attached hydrogens (tertiary/aromatic N) is 4. The maximum Gasteiger partial charge on any atom is 0.252 e. The molecule has 0 radical (unpaired) electrons. The lowest BCUT2D eigenvalue weighted by Gasteiger charge is -2.49. The van der Waals surface area contributed by atoms with Gasteiger partial charge in [-0.05, 0) is 138 Å². The van der Waals surface area contributed by atoms with Gasteiger partial charge in [0.05, 0.1) is 22.1 Å². The Morgan fingerprint density at radius 3 is 1.20 bits per heavy atom. The van der Waals surface area contributed by atoms with Gasteiger partial charge >= 0.3 is 0 Å². The zero-order chi connectivity index (χ0) is 54.7. The minimum absolute atomic E-state index is 0.117. The van der Waals surface area contributed by atoms with Gasteiger partial charge in [-0.3, -0.25) is 0 Å². The Morgan fingerprint density at radius 1 is 0.238 bits per heavy atom. The summed E-state index contributed by atoms with van der Waals surface area (Å²) >= 11 is 0. The number of para-hydroxylation sites is 3. The molecule has 0 saturated heterocycles. The Hall–Kier alpha value is -10.8. The first kappa shape index (κ1) is 45.9. The summed E-state index contributed by atoms with van der Waals surface area (Å²) in [6, 6.07) is 109. The molecule has 6 heterocycles. The number of aromatic nitrogens is 2. The van der Waals surface area contributed by atoms with E-state index in [9.17, 15) is 0 Å². The highest BCUT2D eigenvalue weighted by molar-refractivity contribution is 7.05. The normalized spacial score (nSPS) is 13.1. The van der Waals surface area contributed by atoms with Gasteiger partial charge in [-0.2, -0.15) is 0 Å². The maximum absolute atomic E-state index is 2.69. The molecular weight excluding hydrogens is 1010 g/mol. The molecule has 4 aliphatic rings. The van der Waals surface area contributed by atoms with Crippen LogP contribution in [-0.4, -0.2) is 22.6 Å². The highest BCUT2D eigenvalue weighted by atomic mass is 15.2. The van der Waals surface area contributed by atoms with Gasteiger partial charge in [0.25, 0.3) is 13.4 Å². The van der Waals surface area contributed by atoms with Crippen molar-refractivity contribution in [2.24, 2.45) is 0 Å². The smallest absolute Gasteiger partial charge is 0.252 e. The van der Waals surface area contributed by atoms with Crippen molar-refractivity contribution in [2.45, 2.75) is 0 Å². The molecule has 0 saturated carbocycles. The topological polar surface area (TPSA) is 16.3 Å². The molecule has 0 unspecified atom stereocenters. The number of anilines is 6. The molecule has 4 aliphatic heterocycles. The van der Waals surface area contributed by atoms with Crippen molar-refractivity contribution in [1.82, 2.24) is 9.13 Å². The van der Waals surface area contributed by atoms with Gasteiger partial charge in [-0.25, -0.2) is 0 Å². The van der Waals surface area contributed by atoms with E-state index in [2.05, 4.69) is 310 Å². The molecule has 386 valence electrons. The highest BCUT2D eigenvalue weighted by Crippen LogP contribution is 2.51. The van der Waals surface area contributed by atoms with Crippen molar-refractivity contribution in [1.29, 1.82) is 0 Å². The first-order chi connectivity index (χ1) is 41.7. The molecule has 2 aromatic heterocycles. The van der Waals surface area contributed by atoms with Gasteiger partial charge in [-0.15, -0.1) is 0 Å². The van der Waals surface area contributed by atoms with E-state index in [4.69, 9.17) is 0 Å². The lowest BCUT2D eigenvalue weighted by Crippen LogP contribution is -2.68. The fourth-order valence-corrected chi connectivity index (χ4v) is 15.4. The average molecular weight is 1060 g/mol. The molecule has 0 amide bonds. The molecule has 0 bridgehead atoms. The Bertz CT molecular complexity index is 5200. The van der Waals surface area contributed by atoms with Crippen molar-refractivity contribution in [3.63, 3.8) is 0 Å². The van der Waals surface area contributed by atoms with E-state index in [1.807, 2.05) is 0 Å². The molecule has 0 spiro atoms. The summed E-state index contributed by atoms with van der Waals surface area (Å²) in [5, 5.41) is 5.04. The van der Waals surface area contributed by atoms with Gasteiger partial charge < -0.3 is 18.9 Å². The van der Waals surface area contributed by atoms with E-state index >= 15 is 0 Å². The fraction of sp³-hybridized carbons (Fsp3) is 0. The van der Waals surface area contributed by atoms with Crippen molar-refractivity contribution in [2.75, 3.05) is 9.80 Å². The number of benzene rings is 13. The Labute approximate surface area is 487 Å². The second-order valence-corrected chi connectivity index (χ2v) is 23.1. The second-order valence-electron chi connectivity index (χ2n) is 23.1. The van der Waals surface area contributed by atoms with Gasteiger partial charge in [-0.1, -0.05) is 231 Å². The average Bonchev–Trinajstić information content (AvgIpc) is 1.17. The molecule has 84 heavy (non-hydrogen) atoms. The molecule has 19 rings (SSSR count). The number of rotatable bonds is 6. The molecule has 15 aromatic rings. The summed E-state index contributed by atoms with van der Waals surface area (Å²) in [5.41, 5.74) is 32.0. The molecule has 0 N–H and O–H groups in total. The molecule has 0 atom stereocenters. The van der Waals surface area contributed by atoms with E-state index in [0.29, 0.717) is 0 Å². The molecule has 6 heteroatoms. The lowest BCUT2D eigenvalue weighted by molar-refractivity contribution is 1.16. The second kappa shape index (κ2) is 17.4. The van der Waals surface area contributed by atoms with Crippen LogP contribution < -0.4 is 42.6 Å². The van der Waals surface area contributed by atoms with E-state index in [1.54, 1.807) is 0 Å². The minimum atomic E-state index is -0.126. The van der Waals surface area contributed by atoms with Crippen LogP contribution >= 0.6 is 0 Å². The zero-order valence-corrected chi connectivity index (χ0v) is 45.7. The summed E-state index contributed by atoms with van der Waals surface area (Å²) < 4.78 is 5.20. The van der Waals surface area contributed by atoms with Crippen molar-refractivity contribution >= 4 is 124 Å². The van der Waals surface area contributed by atoms with Gasteiger partial charge in [0, 0.05) is 67.0 Å². The van der Waals surface area contributed by atoms with Crippen LogP contribution in [0.15, 0.2) is 291 Å². The SMILES string of the molecule is c1ccc(-c2ccc(N3c4ccc(-c5ccccc5)cc4B4c5cc(-c6ccccc6)ccc5N5c6ccc(-c7ccccc7)cc6B6c7c(cc3c4c75)-n3c4ccccc4c4c3c6cc3c5ccccc5n(-c5ccccc5)c34)cc2)cc1. The van der Waals surface area contributed by atoms with E-state index < -0.39 is 0 Å². The van der Waals surface area contributed by atoms with E-state index in [-0.39, 0.29) is 13.4 Å². The molecular formula is C78H48B2N4. The number of hydrogen-bond acceptors (Lipinski definition) is 2. The van der Waals surface area contributed by atoms with Crippen molar-refractivity contribution < 1.29 is 0 Å². The fourth-order valence-electron chi connectivity index (χ4n) is 15.4. The first-order valence-electron chi connectivity index (χ1n) is 29.3. The third kappa shape index (κ3) is 6.29. The largest absolute Gasteiger partial charge is 0.312 e. The van der Waals surface area contributed by atoms with Crippen molar-refractivity contribution in [3.05, 3.63) is 291 Å². The quantitative estimate of drug-likeness (QED) is 0.154. The minimum Gasteiger partial charge on any atom is -0.312 e. The molecule has 13 aromatic carbocycles. The monoisotopic (exact) mass is 1060 g/mol. The van der Waals surface area contributed by atoms with E-state index in [0.717, 1.165) is 11.4 Å². The van der Waals surface area contributed by atoms with Crippen LogP contribution in [0.1, 0.15) is 0 Å². The zero-order valence-electron chi connectivity index (χ0n) is 45.7. The van der Waals surface area contributed by atoms with Gasteiger partial charge in [0.2, 0.25) is 0 Å². The van der Waals surface area contributed by atoms with Crippen LogP contribution in [0, 0.1) is 0 Å². The summed E-state index contributed by atoms with van der Waals surface area (Å²) in [5.74, 6) is 0. The third-order valence-corrected chi connectivity index (χ3v) is 18.8. The highest BCUT2D eigenvalue weighted by Gasteiger charge is 2.51. The number of hydrogen-bond donors (Lipinski definition) is 0. The Kier molecular flexibility index (Phi) is 9.48.